The van der Waals surface area contributed by atoms with E-state index < -0.39 is 6.10 Å². The van der Waals surface area contributed by atoms with Crippen LogP contribution in [-0.2, 0) is 9.31 Å². The van der Waals surface area contributed by atoms with E-state index in [2.05, 4.69) is 0 Å². The van der Waals surface area contributed by atoms with Crippen molar-refractivity contribution in [2.45, 2.75) is 51.9 Å². The van der Waals surface area contributed by atoms with Gasteiger partial charge in [-0.05, 0) is 34.6 Å². The van der Waals surface area contributed by atoms with Gasteiger partial charge in [-0.25, -0.2) is 0 Å². The Hall–Kier alpha value is -0.315. The minimum absolute atomic E-state index is 0.305. The highest BCUT2D eigenvalue weighted by Crippen LogP contribution is 2.36. The topological polar surface area (TPSA) is 38.7 Å². The number of aliphatic hydroxyl groups excluding tert-OH is 1. The van der Waals surface area contributed by atoms with Crippen LogP contribution in [0, 0.1) is 0 Å². The quantitative estimate of drug-likeness (QED) is 0.684. The fourth-order valence-electron chi connectivity index (χ4n) is 1.22. The van der Waals surface area contributed by atoms with E-state index in [-0.39, 0.29) is 18.3 Å². The van der Waals surface area contributed by atoms with Crippen LogP contribution in [0.2, 0.25) is 0 Å². The van der Waals surface area contributed by atoms with Gasteiger partial charge in [-0.15, -0.1) is 0 Å². The molecule has 80 valence electrons. The number of hydrogen-bond donors (Lipinski definition) is 1. The molecule has 0 saturated carbocycles. The van der Waals surface area contributed by atoms with Crippen molar-refractivity contribution in [1.82, 2.24) is 0 Å². The molecule has 1 aliphatic rings. The fourth-order valence-corrected chi connectivity index (χ4v) is 1.22. The monoisotopic (exact) mass is 198 g/mol. The highest BCUT2D eigenvalue weighted by molar-refractivity contribution is 6.51. The predicted octanol–water partition coefficient (Wildman–Crippen LogP) is 1.55. The highest BCUT2D eigenvalue weighted by Gasteiger charge is 2.49. The van der Waals surface area contributed by atoms with E-state index in [1.165, 1.54) is 0 Å². The van der Waals surface area contributed by atoms with E-state index in [0.717, 1.165) is 0 Å². The predicted molar refractivity (Wildman–Crippen MR) is 56.9 cm³/mol. The summed E-state index contributed by atoms with van der Waals surface area (Å²) in [5.74, 6) is 1.75. The van der Waals surface area contributed by atoms with Gasteiger partial charge < -0.3 is 14.4 Å². The van der Waals surface area contributed by atoms with Crippen molar-refractivity contribution in [2.75, 3.05) is 0 Å². The van der Waals surface area contributed by atoms with Crippen molar-refractivity contribution in [3.8, 4) is 0 Å². The van der Waals surface area contributed by atoms with Gasteiger partial charge in [0, 0.05) is 0 Å². The molecular formula is C10H19BO3. The lowest BCUT2D eigenvalue weighted by Gasteiger charge is -2.32. The summed E-state index contributed by atoms with van der Waals surface area (Å²) < 4.78 is 11.4. The van der Waals surface area contributed by atoms with E-state index in [0.29, 0.717) is 0 Å². The molecule has 3 nitrogen and oxygen atoms in total. The number of hydrogen-bond acceptors (Lipinski definition) is 3. The summed E-state index contributed by atoms with van der Waals surface area (Å²) in [6, 6.07) is 0. The van der Waals surface area contributed by atoms with Crippen LogP contribution >= 0.6 is 0 Å². The lowest BCUT2D eigenvalue weighted by atomic mass is 9.89. The summed E-state index contributed by atoms with van der Waals surface area (Å²) in [6.45, 7) is 9.71. The molecule has 0 radical (unpaired) electrons. The average molecular weight is 198 g/mol. The van der Waals surface area contributed by atoms with Crippen molar-refractivity contribution >= 4 is 7.12 Å². The minimum Gasteiger partial charge on any atom is -0.400 e. The van der Waals surface area contributed by atoms with Crippen LogP contribution in [0.25, 0.3) is 0 Å². The Morgan fingerprint density at radius 2 is 1.57 bits per heavy atom. The van der Waals surface area contributed by atoms with Gasteiger partial charge in [0.2, 0.25) is 0 Å². The van der Waals surface area contributed by atoms with Crippen molar-refractivity contribution in [3.05, 3.63) is 12.1 Å². The van der Waals surface area contributed by atoms with Crippen LogP contribution < -0.4 is 0 Å². The van der Waals surface area contributed by atoms with Crippen molar-refractivity contribution in [1.29, 1.82) is 0 Å². The second-order valence-corrected chi connectivity index (χ2v) is 4.75. The molecule has 1 N–H and O–H groups in total. The van der Waals surface area contributed by atoms with Crippen LogP contribution in [0.15, 0.2) is 12.1 Å². The third-order valence-electron chi connectivity index (χ3n) is 2.82. The maximum atomic E-state index is 9.07. The average Bonchev–Trinajstić information content (AvgIpc) is 2.17. The molecule has 0 amide bonds. The molecule has 0 spiro atoms. The fraction of sp³-hybridized carbons (Fsp3) is 0.800. The lowest BCUT2D eigenvalue weighted by Crippen LogP contribution is -2.41. The van der Waals surface area contributed by atoms with Gasteiger partial charge >= 0.3 is 7.12 Å². The Morgan fingerprint density at radius 3 is 1.93 bits per heavy atom. The maximum absolute atomic E-state index is 9.07. The van der Waals surface area contributed by atoms with Crippen LogP contribution in [0.4, 0.5) is 0 Å². The first kappa shape index (κ1) is 11.8. The zero-order valence-corrected chi connectivity index (χ0v) is 9.57. The molecular weight excluding hydrogens is 179 g/mol. The van der Waals surface area contributed by atoms with Gasteiger partial charge in [-0.2, -0.15) is 0 Å². The van der Waals surface area contributed by atoms with E-state index in [1.54, 1.807) is 19.0 Å². The molecule has 14 heavy (non-hydrogen) atoms. The molecule has 0 aromatic heterocycles. The molecule has 1 aliphatic heterocycles. The first-order valence-electron chi connectivity index (χ1n) is 4.97. The maximum Gasteiger partial charge on any atom is 0.486 e. The standard InChI is InChI=1S/C10H19BO3/c1-8(12)6-7-11-13-9(2,3)10(4,5)14-11/h6-8,12H,1-5H3/b7-6+. The lowest BCUT2D eigenvalue weighted by molar-refractivity contribution is 0.00578. The van der Waals surface area contributed by atoms with E-state index in [1.807, 2.05) is 27.7 Å². The van der Waals surface area contributed by atoms with E-state index in [9.17, 15) is 0 Å². The first-order valence-corrected chi connectivity index (χ1v) is 4.97. The Bertz CT molecular complexity index is 218. The molecule has 0 aromatic carbocycles. The molecule has 1 rings (SSSR count). The van der Waals surface area contributed by atoms with Gasteiger partial charge in [-0.1, -0.05) is 12.1 Å². The highest BCUT2D eigenvalue weighted by atomic mass is 16.7. The summed E-state index contributed by atoms with van der Waals surface area (Å²) in [5.41, 5.74) is -0.610. The summed E-state index contributed by atoms with van der Waals surface area (Å²) in [4.78, 5) is 0. The molecule has 1 fully saturated rings. The molecule has 4 heteroatoms. The normalized spacial score (nSPS) is 27.1. The largest absolute Gasteiger partial charge is 0.486 e. The second-order valence-electron chi connectivity index (χ2n) is 4.75. The second kappa shape index (κ2) is 3.68. The van der Waals surface area contributed by atoms with Gasteiger partial charge in [0.05, 0.1) is 17.3 Å². The smallest absolute Gasteiger partial charge is 0.400 e. The molecule has 1 unspecified atom stereocenters. The summed E-state index contributed by atoms with van der Waals surface area (Å²) in [6.07, 6.45) is 1.20. The summed E-state index contributed by atoms with van der Waals surface area (Å²) in [5, 5.41) is 9.07. The molecule has 1 heterocycles. The van der Waals surface area contributed by atoms with E-state index >= 15 is 0 Å². The zero-order chi connectivity index (χ0) is 11.0. The van der Waals surface area contributed by atoms with Gasteiger partial charge in [0.15, 0.2) is 0 Å². The SMILES string of the molecule is CC(O)/C=C/B1OC(C)(C)C(C)(C)O1. The number of rotatable bonds is 2. The molecule has 0 bridgehead atoms. The van der Waals surface area contributed by atoms with Crippen LogP contribution in [0.1, 0.15) is 34.6 Å². The Labute approximate surface area is 86.2 Å². The summed E-state index contributed by atoms with van der Waals surface area (Å²) in [7, 11) is -0.352. The van der Waals surface area contributed by atoms with Gasteiger partial charge in [0.25, 0.3) is 0 Å². The number of aliphatic hydroxyl groups is 1. The van der Waals surface area contributed by atoms with Crippen molar-refractivity contribution < 1.29 is 14.4 Å². The van der Waals surface area contributed by atoms with E-state index in [4.69, 9.17) is 14.4 Å². The Morgan fingerprint density at radius 1 is 1.14 bits per heavy atom. The third kappa shape index (κ3) is 2.38. The first-order chi connectivity index (χ1) is 6.24. The molecule has 1 atom stereocenters. The zero-order valence-electron chi connectivity index (χ0n) is 9.57. The summed E-state index contributed by atoms with van der Waals surface area (Å²) >= 11 is 0. The Kier molecular flexibility index (Phi) is 3.09. The van der Waals surface area contributed by atoms with Crippen molar-refractivity contribution in [2.24, 2.45) is 0 Å². The molecule has 0 aromatic rings. The molecule has 1 saturated heterocycles. The molecule has 0 aliphatic carbocycles. The van der Waals surface area contributed by atoms with Crippen LogP contribution in [-0.4, -0.2) is 29.5 Å². The van der Waals surface area contributed by atoms with Gasteiger partial charge in [-0.3, -0.25) is 0 Å². The van der Waals surface area contributed by atoms with Crippen LogP contribution in [0.3, 0.4) is 0 Å². The van der Waals surface area contributed by atoms with Gasteiger partial charge in [0.1, 0.15) is 0 Å². The van der Waals surface area contributed by atoms with Crippen molar-refractivity contribution in [3.63, 3.8) is 0 Å². The minimum atomic E-state index is -0.464. The van der Waals surface area contributed by atoms with Crippen LogP contribution in [0.5, 0.6) is 0 Å². The third-order valence-corrected chi connectivity index (χ3v) is 2.82. The Balaban J connectivity index is 2.64.